The average Bonchev–Trinajstić information content (AvgIpc) is 1.98. The van der Waals surface area contributed by atoms with E-state index in [4.69, 9.17) is 9.84 Å². The van der Waals surface area contributed by atoms with Gasteiger partial charge in [-0.05, 0) is 6.92 Å². The number of hydrogen-bond donors (Lipinski definition) is 1. The topological polar surface area (TPSA) is 29.5 Å². The largest absolute Gasteiger partial charge is 0.390 e. The molecule has 0 radical (unpaired) electrons. The summed E-state index contributed by atoms with van der Waals surface area (Å²) in [6, 6.07) is 0. The zero-order valence-corrected chi connectivity index (χ0v) is 5.29. The molecular weight excluding hydrogens is 104 g/mol. The Bertz CT molecular complexity index is 72.6. The van der Waals surface area contributed by atoms with Crippen molar-refractivity contribution in [2.75, 3.05) is 6.61 Å². The van der Waals surface area contributed by atoms with Crippen molar-refractivity contribution in [3.63, 3.8) is 0 Å². The maximum absolute atomic E-state index is 9.14. The zero-order valence-electron chi connectivity index (χ0n) is 5.29. The fourth-order valence-electron chi connectivity index (χ4n) is 0.963. The van der Waals surface area contributed by atoms with Crippen molar-refractivity contribution in [1.29, 1.82) is 0 Å². The van der Waals surface area contributed by atoms with E-state index in [0.717, 1.165) is 0 Å². The number of hydrogen-bond acceptors (Lipinski definition) is 2. The van der Waals surface area contributed by atoms with Crippen LogP contribution >= 0.6 is 0 Å². The van der Waals surface area contributed by atoms with Crippen LogP contribution in [0.4, 0.5) is 0 Å². The first-order valence-corrected chi connectivity index (χ1v) is 3.01. The first kappa shape index (κ1) is 6.05. The molecular formula is C6H12O2. The lowest BCUT2D eigenvalue weighted by Crippen LogP contribution is -2.21. The van der Waals surface area contributed by atoms with Crippen LogP contribution in [0.3, 0.4) is 0 Å². The quantitative estimate of drug-likeness (QED) is 0.496. The molecule has 8 heavy (non-hydrogen) atoms. The van der Waals surface area contributed by atoms with Gasteiger partial charge in [-0.1, -0.05) is 6.92 Å². The standard InChI is InChI=1S/C6H12O2/c1-4-3-8-5(2)6(4)7/h4-7H,3H2,1-2H3/t4-,5?,6?/m0/s1. The van der Waals surface area contributed by atoms with E-state index >= 15 is 0 Å². The monoisotopic (exact) mass is 116 g/mol. The molecule has 1 aliphatic rings. The summed E-state index contributed by atoms with van der Waals surface area (Å²) >= 11 is 0. The maximum atomic E-state index is 9.14. The van der Waals surface area contributed by atoms with Gasteiger partial charge in [0, 0.05) is 5.92 Å². The van der Waals surface area contributed by atoms with Gasteiger partial charge in [-0.3, -0.25) is 0 Å². The number of aliphatic hydroxyl groups is 1. The minimum absolute atomic E-state index is 0.0463. The Kier molecular flexibility index (Phi) is 1.54. The van der Waals surface area contributed by atoms with E-state index in [-0.39, 0.29) is 12.2 Å². The van der Waals surface area contributed by atoms with Crippen LogP contribution in [0.2, 0.25) is 0 Å². The van der Waals surface area contributed by atoms with E-state index in [1.807, 2.05) is 13.8 Å². The van der Waals surface area contributed by atoms with E-state index in [1.54, 1.807) is 0 Å². The van der Waals surface area contributed by atoms with Gasteiger partial charge in [0.05, 0.1) is 18.8 Å². The molecule has 0 aliphatic carbocycles. The van der Waals surface area contributed by atoms with Crippen molar-refractivity contribution in [3.8, 4) is 0 Å². The maximum Gasteiger partial charge on any atom is 0.0846 e. The molecule has 2 heteroatoms. The highest BCUT2D eigenvalue weighted by Crippen LogP contribution is 2.18. The summed E-state index contributed by atoms with van der Waals surface area (Å²) in [5, 5.41) is 9.14. The van der Waals surface area contributed by atoms with Crippen LogP contribution < -0.4 is 0 Å². The highest BCUT2D eigenvalue weighted by molar-refractivity contribution is 4.76. The van der Waals surface area contributed by atoms with Crippen LogP contribution in [0.1, 0.15) is 13.8 Å². The van der Waals surface area contributed by atoms with Crippen molar-refractivity contribution >= 4 is 0 Å². The highest BCUT2D eigenvalue weighted by atomic mass is 16.5. The van der Waals surface area contributed by atoms with Gasteiger partial charge in [-0.15, -0.1) is 0 Å². The van der Waals surface area contributed by atoms with Crippen LogP contribution in [-0.4, -0.2) is 23.9 Å². The predicted octanol–water partition coefficient (Wildman–Crippen LogP) is 0.402. The molecule has 0 aromatic rings. The number of rotatable bonds is 0. The van der Waals surface area contributed by atoms with Crippen molar-refractivity contribution in [3.05, 3.63) is 0 Å². The normalized spacial score (nSPS) is 47.6. The molecule has 1 heterocycles. The summed E-state index contributed by atoms with van der Waals surface area (Å²) in [5.41, 5.74) is 0. The highest BCUT2D eigenvalue weighted by Gasteiger charge is 2.28. The van der Waals surface area contributed by atoms with Crippen LogP contribution in [0.5, 0.6) is 0 Å². The zero-order chi connectivity index (χ0) is 6.15. The van der Waals surface area contributed by atoms with Gasteiger partial charge >= 0.3 is 0 Å². The molecule has 1 N–H and O–H groups in total. The summed E-state index contributed by atoms with van der Waals surface area (Å²) in [5.74, 6) is 0.324. The fourth-order valence-corrected chi connectivity index (χ4v) is 0.963. The summed E-state index contributed by atoms with van der Waals surface area (Å²) in [6.07, 6.45) is -0.194. The van der Waals surface area contributed by atoms with Gasteiger partial charge in [0.1, 0.15) is 0 Å². The van der Waals surface area contributed by atoms with Crippen molar-refractivity contribution in [2.45, 2.75) is 26.1 Å². The third-order valence-corrected chi connectivity index (χ3v) is 1.69. The Morgan fingerprint density at radius 2 is 2.12 bits per heavy atom. The van der Waals surface area contributed by atoms with Crippen LogP contribution in [0.15, 0.2) is 0 Å². The molecule has 48 valence electrons. The summed E-state index contributed by atoms with van der Waals surface area (Å²) in [4.78, 5) is 0. The van der Waals surface area contributed by atoms with E-state index < -0.39 is 0 Å². The van der Waals surface area contributed by atoms with Gasteiger partial charge in [0.2, 0.25) is 0 Å². The predicted molar refractivity (Wildman–Crippen MR) is 30.6 cm³/mol. The van der Waals surface area contributed by atoms with Crippen molar-refractivity contribution in [1.82, 2.24) is 0 Å². The third-order valence-electron chi connectivity index (χ3n) is 1.69. The molecule has 0 amide bonds. The molecule has 3 atom stereocenters. The van der Waals surface area contributed by atoms with Gasteiger partial charge in [0.15, 0.2) is 0 Å². The molecule has 0 bridgehead atoms. The third kappa shape index (κ3) is 0.858. The minimum atomic E-state index is -0.241. The molecule has 0 spiro atoms. The van der Waals surface area contributed by atoms with Crippen LogP contribution in [0.25, 0.3) is 0 Å². The molecule has 2 nitrogen and oxygen atoms in total. The molecule has 1 aliphatic heterocycles. The minimum Gasteiger partial charge on any atom is -0.390 e. The van der Waals surface area contributed by atoms with Crippen molar-refractivity contribution in [2.24, 2.45) is 5.92 Å². The Morgan fingerprint density at radius 3 is 2.25 bits per heavy atom. The van der Waals surface area contributed by atoms with Gasteiger partial charge in [-0.25, -0.2) is 0 Å². The van der Waals surface area contributed by atoms with Gasteiger partial charge < -0.3 is 9.84 Å². The summed E-state index contributed by atoms with van der Waals surface area (Å²) < 4.78 is 5.13. The van der Waals surface area contributed by atoms with E-state index in [1.165, 1.54) is 0 Å². The van der Waals surface area contributed by atoms with E-state index in [9.17, 15) is 0 Å². The van der Waals surface area contributed by atoms with E-state index in [0.29, 0.717) is 12.5 Å². The second-order valence-electron chi connectivity index (χ2n) is 2.51. The lowest BCUT2D eigenvalue weighted by molar-refractivity contribution is 0.0525. The Hall–Kier alpha value is -0.0800. The second-order valence-corrected chi connectivity index (χ2v) is 2.51. The summed E-state index contributed by atoms with van der Waals surface area (Å²) in [6.45, 7) is 4.60. The first-order chi connectivity index (χ1) is 3.72. The average molecular weight is 116 g/mol. The molecule has 0 aromatic carbocycles. The first-order valence-electron chi connectivity index (χ1n) is 3.01. The molecule has 1 rings (SSSR count). The lowest BCUT2D eigenvalue weighted by Gasteiger charge is -2.08. The molecule has 0 saturated carbocycles. The SMILES string of the molecule is CC1OC[C@H](C)C1O. The Morgan fingerprint density at radius 1 is 1.50 bits per heavy atom. The molecule has 1 fully saturated rings. The smallest absolute Gasteiger partial charge is 0.0846 e. The number of aliphatic hydroxyl groups excluding tert-OH is 1. The summed E-state index contributed by atoms with van der Waals surface area (Å²) in [7, 11) is 0. The fraction of sp³-hybridized carbons (Fsp3) is 1.00. The molecule has 2 unspecified atom stereocenters. The Balaban J connectivity index is 2.44. The van der Waals surface area contributed by atoms with Gasteiger partial charge in [0.25, 0.3) is 0 Å². The van der Waals surface area contributed by atoms with E-state index in [2.05, 4.69) is 0 Å². The number of ether oxygens (including phenoxy) is 1. The molecule has 1 saturated heterocycles. The Labute approximate surface area is 49.5 Å². The second kappa shape index (κ2) is 2.03. The van der Waals surface area contributed by atoms with Gasteiger partial charge in [-0.2, -0.15) is 0 Å². The molecule has 0 aromatic heterocycles. The van der Waals surface area contributed by atoms with Crippen LogP contribution in [0, 0.1) is 5.92 Å². The lowest BCUT2D eigenvalue weighted by atomic mass is 10.1. The van der Waals surface area contributed by atoms with Crippen molar-refractivity contribution < 1.29 is 9.84 Å². The van der Waals surface area contributed by atoms with Crippen LogP contribution in [-0.2, 0) is 4.74 Å².